The number of hydrogen-bond donors (Lipinski definition) is 0. The molecule has 10 aromatic rings. The van der Waals surface area contributed by atoms with Gasteiger partial charge in [0.2, 0.25) is 0 Å². The lowest BCUT2D eigenvalue weighted by Gasteiger charge is -2.15. The van der Waals surface area contributed by atoms with Crippen LogP contribution in [-0.2, 0) is 0 Å². The molecule has 56 heavy (non-hydrogen) atoms. The van der Waals surface area contributed by atoms with Crippen LogP contribution in [-0.4, -0.2) is 9.97 Å². The molecule has 0 N–H and O–H groups in total. The third kappa shape index (κ3) is 6.44. The van der Waals surface area contributed by atoms with Crippen molar-refractivity contribution in [2.45, 2.75) is 0 Å². The molecule has 0 saturated heterocycles. The van der Waals surface area contributed by atoms with E-state index in [1.54, 1.807) is 0 Å². The summed E-state index contributed by atoms with van der Waals surface area (Å²) in [5.74, 6) is 0. The highest BCUT2D eigenvalue weighted by molar-refractivity contribution is 6.14. The molecule has 0 amide bonds. The van der Waals surface area contributed by atoms with Crippen LogP contribution < -0.4 is 0 Å². The van der Waals surface area contributed by atoms with Crippen molar-refractivity contribution in [2.24, 2.45) is 0 Å². The summed E-state index contributed by atoms with van der Waals surface area (Å²) in [7, 11) is 0. The Morgan fingerprint density at radius 1 is 0.250 bits per heavy atom. The first-order chi connectivity index (χ1) is 27.7. The normalized spacial score (nSPS) is 11.2. The van der Waals surface area contributed by atoms with Gasteiger partial charge in [-0.1, -0.05) is 176 Å². The van der Waals surface area contributed by atoms with Crippen LogP contribution in [0, 0.1) is 0 Å². The summed E-state index contributed by atoms with van der Waals surface area (Å²) in [5, 5.41) is 3.54. The number of aromatic nitrogens is 2. The molecule has 0 aliphatic carbocycles. The predicted molar refractivity (Wildman–Crippen MR) is 235 cm³/mol. The van der Waals surface area contributed by atoms with E-state index in [1.807, 2.05) is 6.07 Å². The van der Waals surface area contributed by atoms with Gasteiger partial charge in [0, 0.05) is 22.1 Å². The molecule has 0 spiro atoms. The zero-order valence-electron chi connectivity index (χ0n) is 30.7. The second-order valence-corrected chi connectivity index (χ2v) is 14.2. The molecule has 8 aromatic carbocycles. The molecule has 2 nitrogen and oxygen atoms in total. The van der Waals surface area contributed by atoms with Crippen molar-refractivity contribution in [1.82, 2.24) is 9.97 Å². The molecule has 0 saturated carbocycles. The van der Waals surface area contributed by atoms with E-state index in [1.165, 1.54) is 33.0 Å². The zero-order valence-corrected chi connectivity index (χ0v) is 30.7. The van der Waals surface area contributed by atoms with Gasteiger partial charge in [0.15, 0.2) is 0 Å². The van der Waals surface area contributed by atoms with Gasteiger partial charge in [-0.2, -0.15) is 0 Å². The van der Waals surface area contributed by atoms with Crippen molar-refractivity contribution in [2.75, 3.05) is 0 Å². The van der Waals surface area contributed by atoms with Crippen LogP contribution in [0.25, 0.3) is 100.0 Å². The van der Waals surface area contributed by atoms with Crippen LogP contribution >= 0.6 is 0 Å². The van der Waals surface area contributed by atoms with Gasteiger partial charge in [0.1, 0.15) is 0 Å². The Bertz CT molecular complexity index is 2990. The molecule has 0 aliphatic rings. The van der Waals surface area contributed by atoms with E-state index in [4.69, 9.17) is 9.97 Å². The number of nitrogens with zero attached hydrogens (tertiary/aromatic N) is 2. The molecule has 2 heterocycles. The Hall–Kier alpha value is -7.42. The quantitative estimate of drug-likeness (QED) is 0.154. The van der Waals surface area contributed by atoms with Crippen molar-refractivity contribution in [3.63, 3.8) is 0 Å². The van der Waals surface area contributed by atoms with Crippen molar-refractivity contribution in [1.29, 1.82) is 0 Å². The number of benzene rings is 8. The van der Waals surface area contributed by atoms with Crippen LogP contribution in [0.4, 0.5) is 0 Å². The zero-order chi connectivity index (χ0) is 37.3. The first kappa shape index (κ1) is 33.2. The van der Waals surface area contributed by atoms with Crippen LogP contribution in [0.1, 0.15) is 0 Å². The van der Waals surface area contributed by atoms with Crippen molar-refractivity contribution in [3.8, 4) is 78.3 Å². The van der Waals surface area contributed by atoms with Crippen molar-refractivity contribution < 1.29 is 0 Å². The molecule has 2 aromatic heterocycles. The Kier molecular flexibility index (Phi) is 8.55. The largest absolute Gasteiger partial charge is 0.248 e. The summed E-state index contributed by atoms with van der Waals surface area (Å²) in [4.78, 5) is 10.5. The van der Waals surface area contributed by atoms with E-state index in [0.717, 1.165) is 66.9 Å². The highest BCUT2D eigenvalue weighted by atomic mass is 14.7. The van der Waals surface area contributed by atoms with Gasteiger partial charge in [-0.25, -0.2) is 9.97 Å². The molecule has 0 aliphatic heterocycles. The molecular weight excluding hydrogens is 677 g/mol. The Morgan fingerprint density at radius 3 is 1.34 bits per heavy atom. The first-order valence-electron chi connectivity index (χ1n) is 19.1. The fraction of sp³-hybridized carbons (Fsp3) is 0. The molecule has 262 valence electrons. The van der Waals surface area contributed by atoms with Crippen LogP contribution in [0.2, 0.25) is 0 Å². The van der Waals surface area contributed by atoms with Crippen molar-refractivity contribution in [3.05, 3.63) is 218 Å². The lowest BCUT2D eigenvalue weighted by molar-refractivity contribution is 1.32. The maximum absolute atomic E-state index is 5.23. The minimum atomic E-state index is 0.942. The number of pyridine rings is 2. The highest BCUT2D eigenvalue weighted by Crippen LogP contribution is 2.39. The first-order valence-corrected chi connectivity index (χ1v) is 19.1. The topological polar surface area (TPSA) is 25.8 Å². The second kappa shape index (κ2) is 14.4. The molecule has 0 unspecified atom stereocenters. The third-order valence-corrected chi connectivity index (χ3v) is 10.6. The van der Waals surface area contributed by atoms with Crippen molar-refractivity contribution >= 4 is 21.7 Å². The predicted octanol–water partition coefficient (Wildman–Crippen LogP) is 14.5. The van der Waals surface area contributed by atoms with Gasteiger partial charge >= 0.3 is 0 Å². The SMILES string of the molecule is c1ccc(-c2cccc(-c3cc(-c4cccc(-c5ccc6ccc7nc(-c8ccccc8)cc(-c8ccccc8)c7c6c5)c4)cc(-c4ccccc4)n3)c2)cc1. The van der Waals surface area contributed by atoms with E-state index in [0.29, 0.717) is 0 Å². The van der Waals surface area contributed by atoms with Crippen LogP contribution in [0.3, 0.4) is 0 Å². The molecule has 0 bridgehead atoms. The fourth-order valence-corrected chi connectivity index (χ4v) is 7.81. The third-order valence-electron chi connectivity index (χ3n) is 10.6. The smallest absolute Gasteiger partial charge is 0.0722 e. The minimum absolute atomic E-state index is 0.942. The maximum atomic E-state index is 5.23. The van der Waals surface area contributed by atoms with Gasteiger partial charge in [0.25, 0.3) is 0 Å². The Balaban J connectivity index is 1.11. The highest BCUT2D eigenvalue weighted by Gasteiger charge is 2.15. The van der Waals surface area contributed by atoms with Gasteiger partial charge < -0.3 is 0 Å². The standard InChI is InChI=1S/C54H36N2/c1-5-15-37(16-6-1)42-23-14-26-46(32-42)52-35-47(34-51(56-52)40-19-9-3-10-20-40)44-25-13-24-43(31-44)45-28-27-39-29-30-50-54(48(39)33-45)49(38-17-7-2-8-18-38)36-53(55-50)41-21-11-4-12-22-41/h1-36H. The minimum Gasteiger partial charge on any atom is -0.248 e. The molecule has 0 radical (unpaired) electrons. The molecule has 2 heteroatoms. The van der Waals surface area contributed by atoms with Crippen LogP contribution in [0.15, 0.2) is 218 Å². The fourth-order valence-electron chi connectivity index (χ4n) is 7.81. The summed E-state index contributed by atoms with van der Waals surface area (Å²) in [5.41, 5.74) is 16.4. The Morgan fingerprint density at radius 2 is 0.696 bits per heavy atom. The van der Waals surface area contributed by atoms with Crippen LogP contribution in [0.5, 0.6) is 0 Å². The second-order valence-electron chi connectivity index (χ2n) is 14.2. The average molecular weight is 713 g/mol. The number of rotatable bonds is 7. The summed E-state index contributed by atoms with van der Waals surface area (Å²) < 4.78 is 0. The number of hydrogen-bond acceptors (Lipinski definition) is 2. The maximum Gasteiger partial charge on any atom is 0.0722 e. The lowest BCUT2D eigenvalue weighted by Crippen LogP contribution is -1.92. The van der Waals surface area contributed by atoms with Gasteiger partial charge in [0.05, 0.1) is 22.6 Å². The average Bonchev–Trinajstić information content (AvgIpc) is 3.29. The molecule has 0 fully saturated rings. The molecular formula is C54H36N2. The number of fused-ring (bicyclic) bond motifs is 3. The molecule has 10 rings (SSSR count). The van der Waals surface area contributed by atoms with Gasteiger partial charge in [-0.15, -0.1) is 0 Å². The monoisotopic (exact) mass is 712 g/mol. The van der Waals surface area contributed by atoms with E-state index in [2.05, 4.69) is 212 Å². The van der Waals surface area contributed by atoms with E-state index >= 15 is 0 Å². The molecule has 0 atom stereocenters. The van der Waals surface area contributed by atoms with E-state index < -0.39 is 0 Å². The van der Waals surface area contributed by atoms with Gasteiger partial charge in [-0.3, -0.25) is 0 Å². The summed E-state index contributed by atoms with van der Waals surface area (Å²) in [6.45, 7) is 0. The lowest BCUT2D eigenvalue weighted by atomic mass is 9.92. The Labute approximate surface area is 327 Å². The van der Waals surface area contributed by atoms with E-state index in [-0.39, 0.29) is 0 Å². The summed E-state index contributed by atoms with van der Waals surface area (Å²) in [6.07, 6.45) is 0. The van der Waals surface area contributed by atoms with E-state index in [9.17, 15) is 0 Å². The summed E-state index contributed by atoms with van der Waals surface area (Å²) in [6, 6.07) is 77.6. The summed E-state index contributed by atoms with van der Waals surface area (Å²) >= 11 is 0. The van der Waals surface area contributed by atoms with Gasteiger partial charge in [-0.05, 0) is 97.7 Å².